The van der Waals surface area contributed by atoms with Crippen LogP contribution in [-0.4, -0.2) is 26.0 Å². The van der Waals surface area contributed by atoms with Crippen LogP contribution in [-0.2, 0) is 6.18 Å². The zero-order valence-corrected chi connectivity index (χ0v) is 18.3. The molecular formula is C25H20F3N5O. The van der Waals surface area contributed by atoms with E-state index in [-0.39, 0.29) is 0 Å². The summed E-state index contributed by atoms with van der Waals surface area (Å²) >= 11 is 0. The molecule has 3 aromatic heterocycles. The molecule has 0 unspecified atom stereocenters. The Balaban J connectivity index is 1.46. The highest BCUT2D eigenvalue weighted by atomic mass is 19.4. The highest BCUT2D eigenvalue weighted by molar-refractivity contribution is 5.77. The average molecular weight is 463 g/mol. The van der Waals surface area contributed by atoms with Crippen LogP contribution in [0.1, 0.15) is 11.3 Å². The number of alkyl halides is 3. The zero-order valence-electron chi connectivity index (χ0n) is 18.3. The number of halogens is 3. The van der Waals surface area contributed by atoms with Gasteiger partial charge in [0, 0.05) is 35.9 Å². The van der Waals surface area contributed by atoms with Crippen molar-refractivity contribution in [2.24, 2.45) is 0 Å². The highest BCUT2D eigenvalue weighted by Gasteiger charge is 2.30. The van der Waals surface area contributed by atoms with E-state index in [0.29, 0.717) is 22.7 Å². The Labute approximate surface area is 193 Å². The van der Waals surface area contributed by atoms with E-state index in [9.17, 15) is 13.2 Å². The van der Waals surface area contributed by atoms with Gasteiger partial charge in [-0.3, -0.25) is 0 Å². The van der Waals surface area contributed by atoms with Crippen molar-refractivity contribution >= 4 is 17.0 Å². The largest absolute Gasteiger partial charge is 0.494 e. The Morgan fingerprint density at radius 1 is 1.00 bits per heavy atom. The predicted molar refractivity (Wildman–Crippen MR) is 124 cm³/mol. The van der Waals surface area contributed by atoms with Crippen LogP contribution in [0.25, 0.3) is 22.6 Å². The van der Waals surface area contributed by atoms with E-state index in [1.165, 1.54) is 12.1 Å². The molecule has 9 heteroatoms. The molecule has 6 nitrogen and oxygen atoms in total. The first kappa shape index (κ1) is 21.6. The summed E-state index contributed by atoms with van der Waals surface area (Å²) in [5.74, 6) is 0.670. The number of hydrogen-bond donors (Lipinski definition) is 1. The van der Waals surface area contributed by atoms with Crippen LogP contribution in [0.15, 0.2) is 79.5 Å². The lowest BCUT2D eigenvalue weighted by molar-refractivity contribution is -0.137. The van der Waals surface area contributed by atoms with Crippen LogP contribution in [0.5, 0.6) is 5.75 Å². The first-order valence-electron chi connectivity index (χ1n) is 10.4. The summed E-state index contributed by atoms with van der Waals surface area (Å²) in [7, 11) is 1.61. The molecule has 0 spiro atoms. The van der Waals surface area contributed by atoms with E-state index in [4.69, 9.17) is 4.74 Å². The molecule has 0 atom stereocenters. The van der Waals surface area contributed by atoms with Crippen LogP contribution in [0, 0.1) is 6.92 Å². The number of nitrogens with one attached hydrogen (secondary N) is 1. The first-order chi connectivity index (χ1) is 16.3. The van der Waals surface area contributed by atoms with Crippen molar-refractivity contribution in [2.75, 3.05) is 12.4 Å². The Kier molecular flexibility index (Phi) is 5.24. The van der Waals surface area contributed by atoms with Crippen molar-refractivity contribution in [1.29, 1.82) is 0 Å². The molecule has 0 aliphatic heterocycles. The molecular weight excluding hydrogens is 443 g/mol. The molecule has 0 saturated carbocycles. The average Bonchev–Trinajstić information content (AvgIpc) is 3.45. The number of pyridine rings is 1. The van der Waals surface area contributed by atoms with E-state index in [1.807, 2.05) is 58.6 Å². The molecule has 0 saturated heterocycles. The maximum atomic E-state index is 12.9. The third kappa shape index (κ3) is 4.07. The number of aryl methyl sites for hydroxylation is 1. The van der Waals surface area contributed by atoms with Crippen molar-refractivity contribution in [1.82, 2.24) is 18.9 Å². The second kappa shape index (κ2) is 8.26. The van der Waals surface area contributed by atoms with Crippen molar-refractivity contribution in [3.8, 4) is 22.7 Å². The van der Waals surface area contributed by atoms with E-state index in [0.717, 1.165) is 34.9 Å². The topological polar surface area (TPSA) is 56.4 Å². The Morgan fingerprint density at radius 3 is 2.47 bits per heavy atom. The lowest BCUT2D eigenvalue weighted by Gasteiger charge is -2.13. The lowest BCUT2D eigenvalue weighted by atomic mass is 10.1. The Hall–Kier alpha value is -4.27. The third-order valence-corrected chi connectivity index (χ3v) is 5.44. The van der Waals surface area contributed by atoms with Gasteiger partial charge in [0.05, 0.1) is 41.8 Å². The number of hydrogen-bond acceptors (Lipinski definition) is 4. The smallest absolute Gasteiger partial charge is 0.416 e. The lowest BCUT2D eigenvalue weighted by Crippen LogP contribution is -2.03. The minimum absolute atomic E-state index is 0.575. The van der Waals surface area contributed by atoms with Gasteiger partial charge in [-0.1, -0.05) is 12.1 Å². The normalized spacial score (nSPS) is 11.7. The number of nitrogens with zero attached hydrogens (tertiary/aromatic N) is 4. The van der Waals surface area contributed by atoms with Gasteiger partial charge in [0.25, 0.3) is 0 Å². The summed E-state index contributed by atoms with van der Waals surface area (Å²) in [6.07, 6.45) is 2.90. The van der Waals surface area contributed by atoms with E-state index < -0.39 is 11.7 Å². The molecule has 1 N–H and O–H groups in total. The van der Waals surface area contributed by atoms with Crippen molar-refractivity contribution in [3.63, 3.8) is 0 Å². The van der Waals surface area contributed by atoms with Gasteiger partial charge < -0.3 is 19.0 Å². The van der Waals surface area contributed by atoms with Crippen molar-refractivity contribution in [2.45, 2.75) is 13.1 Å². The molecule has 5 aromatic rings. The maximum absolute atomic E-state index is 12.9. The van der Waals surface area contributed by atoms with Gasteiger partial charge in [-0.05, 0) is 43.3 Å². The van der Waals surface area contributed by atoms with Crippen LogP contribution < -0.4 is 10.1 Å². The van der Waals surface area contributed by atoms with Gasteiger partial charge in [-0.15, -0.1) is 0 Å². The molecule has 34 heavy (non-hydrogen) atoms. The van der Waals surface area contributed by atoms with Crippen LogP contribution >= 0.6 is 0 Å². The molecule has 0 bridgehead atoms. The minimum Gasteiger partial charge on any atom is -0.494 e. The number of ether oxygens (including phenoxy) is 1. The molecule has 2 aromatic carbocycles. The number of aromatic nitrogens is 4. The quantitative estimate of drug-likeness (QED) is 0.334. The van der Waals surface area contributed by atoms with Crippen molar-refractivity contribution < 1.29 is 17.9 Å². The molecule has 172 valence electrons. The number of imidazole rings is 2. The molecule has 3 heterocycles. The van der Waals surface area contributed by atoms with E-state index in [2.05, 4.69) is 15.3 Å². The summed E-state index contributed by atoms with van der Waals surface area (Å²) in [6.45, 7) is 1.92. The van der Waals surface area contributed by atoms with Crippen LogP contribution in [0.4, 0.5) is 24.5 Å². The Bertz CT molecular complexity index is 1470. The fraction of sp³-hybridized carbons (Fsp3) is 0.120. The molecule has 0 aliphatic carbocycles. The summed E-state index contributed by atoms with van der Waals surface area (Å²) in [6, 6.07) is 14.5. The maximum Gasteiger partial charge on any atom is 0.416 e. The van der Waals surface area contributed by atoms with Gasteiger partial charge in [0.15, 0.2) is 5.65 Å². The van der Waals surface area contributed by atoms with Crippen molar-refractivity contribution in [3.05, 3.63) is 90.8 Å². The summed E-state index contributed by atoms with van der Waals surface area (Å²) < 4.78 is 48.0. The number of rotatable bonds is 5. The summed E-state index contributed by atoms with van der Waals surface area (Å²) in [5, 5.41) is 3.36. The SMILES string of the molecule is COc1cc(Nc2cccn3cc(-c4ccc(C(F)(F)F)cc4)nc23)ccc1-n1cnc(C)c1. The highest BCUT2D eigenvalue weighted by Crippen LogP contribution is 2.32. The summed E-state index contributed by atoms with van der Waals surface area (Å²) in [5.41, 5.74) is 4.43. The van der Waals surface area contributed by atoms with Gasteiger partial charge in [-0.2, -0.15) is 13.2 Å². The Morgan fingerprint density at radius 2 is 1.79 bits per heavy atom. The molecule has 0 radical (unpaired) electrons. The second-order valence-corrected chi connectivity index (χ2v) is 7.79. The fourth-order valence-corrected chi connectivity index (χ4v) is 3.76. The fourth-order valence-electron chi connectivity index (χ4n) is 3.76. The van der Waals surface area contributed by atoms with Crippen LogP contribution in [0.2, 0.25) is 0 Å². The van der Waals surface area contributed by atoms with Crippen LogP contribution in [0.3, 0.4) is 0 Å². The van der Waals surface area contributed by atoms with Gasteiger partial charge in [-0.25, -0.2) is 9.97 Å². The van der Waals surface area contributed by atoms with E-state index >= 15 is 0 Å². The second-order valence-electron chi connectivity index (χ2n) is 7.79. The number of fused-ring (bicyclic) bond motifs is 1. The predicted octanol–water partition coefficient (Wildman–Crippen LogP) is 6.27. The molecule has 0 fully saturated rings. The molecule has 0 aliphatic rings. The standard InChI is InChI=1S/C25H20F3N5O/c1-16-13-33(15-29-16)22-10-9-19(12-23(22)34-2)30-20-4-3-11-32-14-21(31-24(20)32)17-5-7-18(8-6-17)25(26,27)28/h3-15,30H,1-2H3. The minimum atomic E-state index is -4.37. The monoisotopic (exact) mass is 463 g/mol. The number of anilines is 2. The van der Waals surface area contributed by atoms with Gasteiger partial charge in [0.1, 0.15) is 5.75 Å². The summed E-state index contributed by atoms with van der Waals surface area (Å²) in [4.78, 5) is 8.92. The number of benzene rings is 2. The van der Waals surface area contributed by atoms with Gasteiger partial charge in [0.2, 0.25) is 0 Å². The first-order valence-corrected chi connectivity index (χ1v) is 10.4. The zero-order chi connectivity index (χ0) is 23.9. The van der Waals surface area contributed by atoms with E-state index in [1.54, 1.807) is 19.6 Å². The number of methoxy groups -OCH3 is 1. The molecule has 5 rings (SSSR count). The molecule has 0 amide bonds. The third-order valence-electron chi connectivity index (χ3n) is 5.44. The van der Waals surface area contributed by atoms with Gasteiger partial charge >= 0.3 is 6.18 Å².